The van der Waals surface area contributed by atoms with E-state index in [2.05, 4.69) is 4.99 Å². The zero-order chi connectivity index (χ0) is 15.9. The summed E-state index contributed by atoms with van der Waals surface area (Å²) < 4.78 is 0. The van der Waals surface area contributed by atoms with Crippen molar-refractivity contribution in [3.63, 3.8) is 0 Å². The van der Waals surface area contributed by atoms with Gasteiger partial charge in [-0.15, -0.1) is 0 Å². The van der Waals surface area contributed by atoms with Gasteiger partial charge < -0.3 is 0 Å². The molecule has 3 rings (SSSR count). The second-order valence-corrected chi connectivity index (χ2v) is 5.87. The fourth-order valence-electron chi connectivity index (χ4n) is 2.72. The standard InChI is InChI=1S/C18H14ClNO2/c1-10-3-5-12(6-4-10)17-14-9-13(19)7-8-15(14)20-18(22)16(17)11(2)21/h3-9,16H,1-2H3/t16-/m1/s1. The molecule has 4 heteroatoms. The summed E-state index contributed by atoms with van der Waals surface area (Å²) in [6.45, 7) is 3.41. The Balaban J connectivity index is 2.42. The summed E-state index contributed by atoms with van der Waals surface area (Å²) in [6.07, 6.45) is 0. The van der Waals surface area contributed by atoms with Gasteiger partial charge in [0.05, 0.1) is 5.36 Å². The molecular formula is C18H14ClNO2. The normalized spacial score (nSPS) is 17.0. The van der Waals surface area contributed by atoms with Crippen LogP contribution in [0.3, 0.4) is 0 Å². The van der Waals surface area contributed by atoms with Crippen LogP contribution in [0, 0.1) is 12.8 Å². The minimum absolute atomic E-state index is 0.213. The van der Waals surface area contributed by atoms with Gasteiger partial charge in [-0.2, -0.15) is 0 Å². The fourth-order valence-corrected chi connectivity index (χ4v) is 2.89. The molecular weight excluding hydrogens is 298 g/mol. The summed E-state index contributed by atoms with van der Waals surface area (Å²) in [5.74, 6) is -1.50. The highest BCUT2D eigenvalue weighted by molar-refractivity contribution is 6.30. The molecule has 0 saturated heterocycles. The first-order valence-electron chi connectivity index (χ1n) is 6.97. The van der Waals surface area contributed by atoms with Crippen molar-refractivity contribution < 1.29 is 9.59 Å². The van der Waals surface area contributed by atoms with Crippen molar-refractivity contribution in [1.82, 2.24) is 0 Å². The maximum Gasteiger partial charge on any atom is 0.261 e. The molecule has 0 spiro atoms. The predicted octanol–water partition coefficient (Wildman–Crippen LogP) is 2.21. The molecule has 0 N–H and O–H groups in total. The number of benzene rings is 2. The Bertz CT molecular complexity index is 898. The number of halogens is 1. The third-order valence-electron chi connectivity index (χ3n) is 3.78. The van der Waals surface area contributed by atoms with Crippen LogP contribution in [0.25, 0.3) is 5.57 Å². The third-order valence-corrected chi connectivity index (χ3v) is 4.02. The molecule has 1 aliphatic rings. The van der Waals surface area contributed by atoms with E-state index in [0.717, 1.165) is 16.3 Å². The molecule has 3 nitrogen and oxygen atoms in total. The Morgan fingerprint density at radius 2 is 1.82 bits per heavy atom. The summed E-state index contributed by atoms with van der Waals surface area (Å²) in [4.78, 5) is 28.4. The molecule has 1 atom stereocenters. The Morgan fingerprint density at radius 3 is 2.45 bits per heavy atom. The van der Waals surface area contributed by atoms with Crippen LogP contribution >= 0.6 is 11.6 Å². The molecule has 2 aromatic carbocycles. The van der Waals surface area contributed by atoms with E-state index in [1.165, 1.54) is 6.92 Å². The average Bonchev–Trinajstić information content (AvgIpc) is 2.47. The van der Waals surface area contributed by atoms with Gasteiger partial charge in [0.15, 0.2) is 0 Å². The zero-order valence-corrected chi connectivity index (χ0v) is 13.0. The molecule has 0 bridgehead atoms. The summed E-state index contributed by atoms with van der Waals surface area (Å²) in [5.41, 5.74) is 2.64. The van der Waals surface area contributed by atoms with Gasteiger partial charge in [-0.3, -0.25) is 9.59 Å². The summed E-state index contributed by atoms with van der Waals surface area (Å²) in [6, 6.07) is 12.9. The highest BCUT2D eigenvalue weighted by Crippen LogP contribution is 2.25. The fraction of sp³-hybridized carbons (Fsp3) is 0.167. The van der Waals surface area contributed by atoms with Crippen LogP contribution in [-0.4, -0.2) is 11.7 Å². The first-order chi connectivity index (χ1) is 10.5. The number of carbonyl (C=O) groups excluding carboxylic acids is 2. The maximum atomic E-state index is 12.3. The van der Waals surface area contributed by atoms with E-state index < -0.39 is 11.8 Å². The van der Waals surface area contributed by atoms with Gasteiger partial charge in [0.25, 0.3) is 5.91 Å². The van der Waals surface area contributed by atoms with Crippen LogP contribution < -0.4 is 10.6 Å². The molecule has 110 valence electrons. The van der Waals surface area contributed by atoms with Crippen LogP contribution in [0.2, 0.25) is 5.02 Å². The minimum atomic E-state index is -0.867. The molecule has 0 saturated carbocycles. The van der Waals surface area contributed by atoms with Crippen molar-refractivity contribution in [3.05, 3.63) is 69.2 Å². The topological polar surface area (TPSA) is 46.5 Å². The molecule has 1 aliphatic heterocycles. The van der Waals surface area contributed by atoms with E-state index in [9.17, 15) is 9.59 Å². The van der Waals surface area contributed by atoms with Crippen molar-refractivity contribution in [2.45, 2.75) is 13.8 Å². The van der Waals surface area contributed by atoms with Gasteiger partial charge in [-0.05, 0) is 43.2 Å². The molecule has 0 aromatic heterocycles. The Hall–Kier alpha value is -2.26. The summed E-state index contributed by atoms with van der Waals surface area (Å²) >= 11 is 6.09. The SMILES string of the molecule is CC(=O)[C@H]1C(=O)N=c2ccc(Cl)cc2=C1c1ccc(C)cc1. The number of rotatable bonds is 2. The van der Waals surface area contributed by atoms with E-state index in [0.29, 0.717) is 16.0 Å². The number of hydrogen-bond donors (Lipinski definition) is 0. The second-order valence-electron chi connectivity index (χ2n) is 5.43. The number of fused-ring (bicyclic) bond motifs is 1. The van der Waals surface area contributed by atoms with Gasteiger partial charge in [0.2, 0.25) is 0 Å². The lowest BCUT2D eigenvalue weighted by atomic mass is 9.85. The molecule has 0 fully saturated rings. The van der Waals surface area contributed by atoms with Crippen molar-refractivity contribution in [1.29, 1.82) is 0 Å². The zero-order valence-electron chi connectivity index (χ0n) is 12.3. The van der Waals surface area contributed by atoms with Crippen molar-refractivity contribution in [2.75, 3.05) is 0 Å². The van der Waals surface area contributed by atoms with Crippen LogP contribution in [0.1, 0.15) is 18.1 Å². The lowest BCUT2D eigenvalue weighted by Gasteiger charge is -2.19. The highest BCUT2D eigenvalue weighted by atomic mass is 35.5. The average molecular weight is 312 g/mol. The number of amides is 1. The van der Waals surface area contributed by atoms with E-state index in [-0.39, 0.29) is 5.78 Å². The number of carbonyl (C=O) groups is 2. The second kappa shape index (κ2) is 5.50. The Kier molecular flexibility index (Phi) is 3.67. The lowest BCUT2D eigenvalue weighted by Crippen LogP contribution is -2.40. The predicted molar refractivity (Wildman–Crippen MR) is 85.1 cm³/mol. The van der Waals surface area contributed by atoms with Gasteiger partial charge in [0, 0.05) is 10.2 Å². The summed E-state index contributed by atoms with van der Waals surface area (Å²) in [5, 5.41) is 1.86. The van der Waals surface area contributed by atoms with Crippen LogP contribution in [-0.2, 0) is 9.59 Å². The van der Waals surface area contributed by atoms with Crippen LogP contribution in [0.5, 0.6) is 0 Å². The van der Waals surface area contributed by atoms with Gasteiger partial charge in [-0.25, -0.2) is 4.99 Å². The molecule has 1 amide bonds. The lowest BCUT2D eigenvalue weighted by molar-refractivity contribution is -0.128. The summed E-state index contributed by atoms with van der Waals surface area (Å²) in [7, 11) is 0. The van der Waals surface area contributed by atoms with Gasteiger partial charge in [-0.1, -0.05) is 41.4 Å². The maximum absolute atomic E-state index is 12.3. The largest absolute Gasteiger partial charge is 0.299 e. The molecule has 0 aliphatic carbocycles. The van der Waals surface area contributed by atoms with E-state index in [1.54, 1.807) is 18.2 Å². The van der Waals surface area contributed by atoms with E-state index in [4.69, 9.17) is 11.6 Å². The first-order valence-corrected chi connectivity index (χ1v) is 7.35. The van der Waals surface area contributed by atoms with Crippen molar-refractivity contribution >= 4 is 28.9 Å². The smallest absolute Gasteiger partial charge is 0.261 e. The number of nitrogens with zero attached hydrogens (tertiary/aromatic N) is 1. The first kappa shape index (κ1) is 14.7. The quantitative estimate of drug-likeness (QED) is 0.798. The Labute approximate surface area is 133 Å². The Morgan fingerprint density at radius 1 is 1.14 bits per heavy atom. The van der Waals surface area contributed by atoms with Crippen molar-refractivity contribution in [3.8, 4) is 0 Å². The molecule has 1 heterocycles. The van der Waals surface area contributed by atoms with Crippen LogP contribution in [0.15, 0.2) is 47.5 Å². The monoisotopic (exact) mass is 311 g/mol. The molecule has 0 unspecified atom stereocenters. The number of hydrogen-bond acceptors (Lipinski definition) is 2. The number of aryl methyl sites for hydroxylation is 1. The van der Waals surface area contributed by atoms with E-state index in [1.807, 2.05) is 31.2 Å². The van der Waals surface area contributed by atoms with E-state index >= 15 is 0 Å². The van der Waals surface area contributed by atoms with Gasteiger partial charge in [0.1, 0.15) is 11.7 Å². The third kappa shape index (κ3) is 2.48. The molecule has 22 heavy (non-hydrogen) atoms. The highest BCUT2D eigenvalue weighted by Gasteiger charge is 2.31. The molecule has 2 aromatic rings. The molecule has 0 radical (unpaired) electrons. The number of Topliss-reactive ketones (excluding diaryl/α,β-unsaturated/α-hetero) is 1. The number of ketones is 1. The van der Waals surface area contributed by atoms with Gasteiger partial charge >= 0.3 is 0 Å². The van der Waals surface area contributed by atoms with Crippen LogP contribution in [0.4, 0.5) is 0 Å². The van der Waals surface area contributed by atoms with Crippen molar-refractivity contribution in [2.24, 2.45) is 10.9 Å². The minimum Gasteiger partial charge on any atom is -0.299 e.